The maximum atomic E-state index is 11.9. The highest BCUT2D eigenvalue weighted by atomic mass is 32.2. The maximum absolute atomic E-state index is 11.9. The number of hydrogen-bond donors (Lipinski definition) is 0. The number of aromatic nitrogens is 1. The fourth-order valence-corrected chi connectivity index (χ4v) is 1.76. The molecule has 0 amide bonds. The van der Waals surface area contributed by atoms with Crippen molar-refractivity contribution < 1.29 is 13.5 Å². The van der Waals surface area contributed by atoms with Gasteiger partial charge in [0, 0.05) is 11.8 Å². The Labute approximate surface area is 90.6 Å². The zero-order valence-corrected chi connectivity index (χ0v) is 9.01. The highest BCUT2D eigenvalue weighted by molar-refractivity contribution is 7.99. The lowest BCUT2D eigenvalue weighted by Crippen LogP contribution is -1.80. The Balaban J connectivity index is 2.29. The molecule has 1 aromatic heterocycles. The molecule has 0 saturated heterocycles. The van der Waals surface area contributed by atoms with Crippen LogP contribution < -0.4 is 4.74 Å². The Hall–Kier alpha value is -1.23. The number of nitrogens with zero attached hydrogens (tertiary/aromatic N) is 1. The van der Waals surface area contributed by atoms with Crippen LogP contribution in [-0.4, -0.2) is 24.5 Å². The van der Waals surface area contributed by atoms with Crippen LogP contribution >= 0.6 is 11.8 Å². The summed E-state index contributed by atoms with van der Waals surface area (Å²) < 4.78 is 22.4. The molecule has 0 fully saturated rings. The van der Waals surface area contributed by atoms with E-state index >= 15 is 0 Å². The van der Waals surface area contributed by atoms with Crippen molar-refractivity contribution >= 4 is 22.9 Å². The van der Waals surface area contributed by atoms with Crippen molar-refractivity contribution in [2.75, 3.05) is 19.5 Å². The van der Waals surface area contributed by atoms with E-state index in [-0.39, 0.29) is 6.67 Å². The van der Waals surface area contributed by atoms with E-state index in [9.17, 15) is 4.39 Å². The quantitative estimate of drug-likeness (QED) is 0.752. The van der Waals surface area contributed by atoms with Gasteiger partial charge in [-0.3, -0.25) is 4.39 Å². The van der Waals surface area contributed by atoms with E-state index in [4.69, 9.17) is 9.15 Å². The molecule has 0 unspecified atom stereocenters. The van der Waals surface area contributed by atoms with Crippen LogP contribution in [0.25, 0.3) is 11.1 Å². The summed E-state index contributed by atoms with van der Waals surface area (Å²) >= 11 is 1.27. The second-order valence-electron chi connectivity index (χ2n) is 2.85. The molecule has 0 bridgehead atoms. The minimum atomic E-state index is -0.382. The second-order valence-corrected chi connectivity index (χ2v) is 3.90. The fourth-order valence-electron chi connectivity index (χ4n) is 1.20. The molecule has 0 aliphatic carbocycles. The molecule has 5 heteroatoms. The summed E-state index contributed by atoms with van der Waals surface area (Å²) in [5.74, 6) is 1.09. The van der Waals surface area contributed by atoms with Gasteiger partial charge in [0.05, 0.1) is 13.8 Å². The van der Waals surface area contributed by atoms with Crippen LogP contribution in [0.3, 0.4) is 0 Å². The first-order valence-electron chi connectivity index (χ1n) is 4.47. The number of ether oxygens (including phenoxy) is 1. The van der Waals surface area contributed by atoms with Crippen molar-refractivity contribution in [1.29, 1.82) is 0 Å². The summed E-state index contributed by atoms with van der Waals surface area (Å²) in [6.45, 7) is -0.382. The normalized spacial score (nSPS) is 10.8. The monoisotopic (exact) mass is 227 g/mol. The number of hydrogen-bond acceptors (Lipinski definition) is 4. The first-order valence-corrected chi connectivity index (χ1v) is 5.45. The number of oxazole rings is 1. The van der Waals surface area contributed by atoms with Gasteiger partial charge < -0.3 is 9.15 Å². The third-order valence-corrected chi connectivity index (χ3v) is 2.66. The average Bonchev–Trinajstić information content (AvgIpc) is 2.67. The van der Waals surface area contributed by atoms with Crippen LogP contribution in [0, 0.1) is 0 Å². The Morgan fingerprint density at radius 2 is 2.40 bits per heavy atom. The molecule has 0 saturated carbocycles. The van der Waals surface area contributed by atoms with Gasteiger partial charge in [0.15, 0.2) is 5.58 Å². The summed E-state index contributed by atoms with van der Waals surface area (Å²) in [6.07, 6.45) is 0. The molecule has 0 atom stereocenters. The Kier molecular flexibility index (Phi) is 3.11. The summed E-state index contributed by atoms with van der Waals surface area (Å²) in [7, 11) is 1.59. The van der Waals surface area contributed by atoms with Crippen molar-refractivity contribution in [3.63, 3.8) is 0 Å². The molecular formula is C10H10FNO2S. The van der Waals surface area contributed by atoms with Crippen molar-refractivity contribution in [2.24, 2.45) is 0 Å². The minimum absolute atomic E-state index is 0.365. The molecule has 80 valence electrons. The highest BCUT2D eigenvalue weighted by Gasteiger charge is 2.06. The molecule has 0 aliphatic heterocycles. The van der Waals surface area contributed by atoms with Crippen LogP contribution in [0.5, 0.6) is 5.75 Å². The molecule has 1 heterocycles. The topological polar surface area (TPSA) is 35.3 Å². The van der Waals surface area contributed by atoms with E-state index in [0.717, 1.165) is 11.3 Å². The van der Waals surface area contributed by atoms with Crippen LogP contribution in [0.15, 0.2) is 27.8 Å². The molecule has 3 nitrogen and oxygen atoms in total. The summed E-state index contributed by atoms with van der Waals surface area (Å²) in [5.41, 5.74) is 1.42. The molecule has 0 spiro atoms. The van der Waals surface area contributed by atoms with Crippen LogP contribution in [0.2, 0.25) is 0 Å². The predicted molar refractivity (Wildman–Crippen MR) is 57.3 cm³/mol. The molecule has 15 heavy (non-hydrogen) atoms. The van der Waals surface area contributed by atoms with Gasteiger partial charge >= 0.3 is 0 Å². The van der Waals surface area contributed by atoms with E-state index in [1.54, 1.807) is 13.2 Å². The maximum Gasteiger partial charge on any atom is 0.256 e. The number of rotatable bonds is 4. The molecule has 1 aromatic carbocycles. The first kappa shape index (κ1) is 10.3. The van der Waals surface area contributed by atoms with E-state index < -0.39 is 0 Å². The van der Waals surface area contributed by atoms with Crippen LogP contribution in [0.4, 0.5) is 4.39 Å². The summed E-state index contributed by atoms with van der Waals surface area (Å²) in [5, 5.41) is 0.496. The van der Waals surface area contributed by atoms with Gasteiger partial charge in [-0.25, -0.2) is 4.98 Å². The zero-order valence-electron chi connectivity index (χ0n) is 8.20. The largest absolute Gasteiger partial charge is 0.497 e. The van der Waals surface area contributed by atoms with Gasteiger partial charge in [0.25, 0.3) is 5.22 Å². The number of alkyl halides is 1. The SMILES string of the molecule is COc1ccc2nc(SCCF)oc2c1. The van der Waals surface area contributed by atoms with Gasteiger partial charge in [-0.15, -0.1) is 0 Å². The lowest BCUT2D eigenvalue weighted by molar-refractivity contribution is 0.413. The minimum Gasteiger partial charge on any atom is -0.497 e. The smallest absolute Gasteiger partial charge is 0.256 e. The van der Waals surface area contributed by atoms with Gasteiger partial charge in [0.1, 0.15) is 11.3 Å². The van der Waals surface area contributed by atoms with Crippen molar-refractivity contribution in [3.05, 3.63) is 18.2 Å². The number of methoxy groups -OCH3 is 1. The zero-order chi connectivity index (χ0) is 10.7. The van der Waals surface area contributed by atoms with Crippen LogP contribution in [-0.2, 0) is 0 Å². The molecular weight excluding hydrogens is 217 g/mol. The van der Waals surface area contributed by atoms with Crippen molar-refractivity contribution in [1.82, 2.24) is 4.98 Å². The molecule has 2 rings (SSSR count). The van der Waals surface area contributed by atoms with Gasteiger partial charge in [-0.1, -0.05) is 11.8 Å². The van der Waals surface area contributed by atoms with Crippen LogP contribution in [0.1, 0.15) is 0 Å². The predicted octanol–water partition coefficient (Wildman–Crippen LogP) is 2.90. The van der Waals surface area contributed by atoms with Gasteiger partial charge in [-0.05, 0) is 12.1 Å². The standard InChI is InChI=1S/C10H10FNO2S/c1-13-7-2-3-8-9(6-7)14-10(12-8)15-5-4-11/h2-3,6H,4-5H2,1H3. The van der Waals surface area contributed by atoms with E-state index in [2.05, 4.69) is 4.98 Å². The Bertz CT molecular complexity index is 458. The van der Waals surface area contributed by atoms with Gasteiger partial charge in [0.2, 0.25) is 0 Å². The number of thioether (sulfide) groups is 1. The van der Waals surface area contributed by atoms with Crippen molar-refractivity contribution in [3.8, 4) is 5.75 Å². The van der Waals surface area contributed by atoms with E-state index in [0.29, 0.717) is 16.6 Å². The molecule has 0 aliphatic rings. The molecule has 0 radical (unpaired) electrons. The third kappa shape index (κ3) is 2.23. The summed E-state index contributed by atoms with van der Waals surface area (Å²) in [6, 6.07) is 5.40. The van der Waals surface area contributed by atoms with E-state index in [1.165, 1.54) is 11.8 Å². The number of halogens is 1. The number of benzene rings is 1. The lowest BCUT2D eigenvalue weighted by atomic mass is 10.3. The average molecular weight is 227 g/mol. The first-order chi connectivity index (χ1) is 7.33. The highest BCUT2D eigenvalue weighted by Crippen LogP contribution is 2.26. The van der Waals surface area contributed by atoms with E-state index in [1.807, 2.05) is 12.1 Å². The summed E-state index contributed by atoms with van der Waals surface area (Å²) in [4.78, 5) is 4.20. The van der Waals surface area contributed by atoms with Gasteiger partial charge in [-0.2, -0.15) is 0 Å². The second kappa shape index (κ2) is 4.53. The van der Waals surface area contributed by atoms with Crippen molar-refractivity contribution in [2.45, 2.75) is 5.22 Å². The Morgan fingerprint density at radius 1 is 1.53 bits per heavy atom. The molecule has 2 aromatic rings. The fraction of sp³-hybridized carbons (Fsp3) is 0.300. The third-order valence-electron chi connectivity index (χ3n) is 1.88. The lowest BCUT2D eigenvalue weighted by Gasteiger charge is -1.95. The molecule has 0 N–H and O–H groups in total. The number of fused-ring (bicyclic) bond motifs is 1. The Morgan fingerprint density at radius 3 is 3.13 bits per heavy atom.